The van der Waals surface area contributed by atoms with Gasteiger partial charge in [0, 0.05) is 28.8 Å². The van der Waals surface area contributed by atoms with E-state index < -0.39 is 5.97 Å². The van der Waals surface area contributed by atoms with Crippen LogP contribution in [0.4, 0.5) is 0 Å². The molecule has 4 nitrogen and oxygen atoms in total. The highest BCUT2D eigenvalue weighted by Gasteiger charge is 2.17. The third-order valence-corrected chi connectivity index (χ3v) is 4.13. The lowest BCUT2D eigenvalue weighted by Gasteiger charge is -2.19. The highest BCUT2D eigenvalue weighted by atomic mass is 32.1. The highest BCUT2D eigenvalue weighted by molar-refractivity contribution is 7.12. The molecule has 0 aliphatic carbocycles. The summed E-state index contributed by atoms with van der Waals surface area (Å²) in [5, 5.41) is 8.57. The van der Waals surface area contributed by atoms with Crippen molar-refractivity contribution in [3.8, 4) is 0 Å². The van der Waals surface area contributed by atoms with Crippen molar-refractivity contribution < 1.29 is 14.7 Å². The quantitative estimate of drug-likeness (QED) is 0.862. The van der Waals surface area contributed by atoms with Crippen molar-refractivity contribution in [3.63, 3.8) is 0 Å². The molecule has 2 heterocycles. The molecule has 1 aromatic heterocycles. The molecule has 1 aliphatic heterocycles. The van der Waals surface area contributed by atoms with E-state index in [1.165, 1.54) is 11.3 Å². The summed E-state index contributed by atoms with van der Waals surface area (Å²) >= 11 is 1.53. The van der Waals surface area contributed by atoms with E-state index in [1.54, 1.807) is 6.08 Å². The topological polar surface area (TPSA) is 57.6 Å². The molecule has 0 radical (unpaired) electrons. The molecule has 1 aromatic rings. The summed E-state index contributed by atoms with van der Waals surface area (Å²) in [7, 11) is 0. The SMILES string of the molecule is O=C(O)C=Cc1ccc(CN2CCCCCC2=O)s1. The van der Waals surface area contributed by atoms with Crippen LogP contribution in [0.1, 0.15) is 35.4 Å². The largest absolute Gasteiger partial charge is 0.478 e. The maximum atomic E-state index is 11.9. The standard InChI is InChI=1S/C14H17NO3S/c16-13-4-2-1-3-9-15(13)10-12-6-5-11(19-12)7-8-14(17)18/h5-8H,1-4,9-10H2,(H,17,18). The van der Waals surface area contributed by atoms with Crippen LogP contribution in [0.5, 0.6) is 0 Å². The van der Waals surface area contributed by atoms with Crippen molar-refractivity contribution >= 4 is 29.3 Å². The van der Waals surface area contributed by atoms with Gasteiger partial charge in [0.05, 0.1) is 6.54 Å². The van der Waals surface area contributed by atoms with Crippen LogP contribution in [-0.4, -0.2) is 28.4 Å². The minimum atomic E-state index is -0.947. The summed E-state index contributed by atoms with van der Waals surface area (Å²) in [4.78, 5) is 26.2. The Balaban J connectivity index is 1.98. The molecular weight excluding hydrogens is 262 g/mol. The number of carbonyl (C=O) groups is 2. The number of aliphatic carboxylic acids is 1. The lowest BCUT2D eigenvalue weighted by molar-refractivity contribution is -0.132. The maximum Gasteiger partial charge on any atom is 0.328 e. The molecular formula is C14H17NO3S. The van der Waals surface area contributed by atoms with Crippen LogP contribution in [0, 0.1) is 0 Å². The number of carboxylic acid groups (broad SMARTS) is 1. The summed E-state index contributed by atoms with van der Waals surface area (Å²) in [6.07, 6.45) is 6.55. The normalized spacial score (nSPS) is 16.8. The van der Waals surface area contributed by atoms with Gasteiger partial charge in [0.2, 0.25) is 5.91 Å². The number of rotatable bonds is 4. The van der Waals surface area contributed by atoms with E-state index in [9.17, 15) is 9.59 Å². The van der Waals surface area contributed by atoms with Crippen LogP contribution in [-0.2, 0) is 16.1 Å². The second-order valence-corrected chi connectivity index (χ2v) is 5.80. The Morgan fingerprint density at radius 2 is 2.21 bits per heavy atom. The molecule has 0 saturated carbocycles. The summed E-state index contributed by atoms with van der Waals surface area (Å²) < 4.78 is 0. The van der Waals surface area contributed by atoms with Crippen LogP contribution in [0.3, 0.4) is 0 Å². The number of amides is 1. The fourth-order valence-electron chi connectivity index (χ4n) is 2.12. The smallest absolute Gasteiger partial charge is 0.328 e. The van der Waals surface area contributed by atoms with Crippen molar-refractivity contribution in [1.29, 1.82) is 0 Å². The highest BCUT2D eigenvalue weighted by Crippen LogP contribution is 2.21. The third kappa shape index (κ3) is 4.21. The fourth-order valence-corrected chi connectivity index (χ4v) is 3.05. The zero-order valence-corrected chi connectivity index (χ0v) is 11.5. The minimum absolute atomic E-state index is 0.230. The van der Waals surface area contributed by atoms with E-state index in [1.807, 2.05) is 17.0 Å². The average molecular weight is 279 g/mol. The summed E-state index contributed by atoms with van der Waals surface area (Å²) in [5.41, 5.74) is 0. The van der Waals surface area contributed by atoms with Gasteiger partial charge in [0.1, 0.15) is 0 Å². The monoisotopic (exact) mass is 279 g/mol. The van der Waals surface area contributed by atoms with E-state index in [0.29, 0.717) is 13.0 Å². The Morgan fingerprint density at radius 3 is 3.00 bits per heavy atom. The van der Waals surface area contributed by atoms with E-state index >= 15 is 0 Å². The lowest BCUT2D eigenvalue weighted by atomic mass is 10.2. The van der Waals surface area contributed by atoms with E-state index in [4.69, 9.17) is 5.11 Å². The second kappa shape index (κ2) is 6.52. The first kappa shape index (κ1) is 13.8. The molecule has 1 N–H and O–H groups in total. The van der Waals surface area contributed by atoms with Gasteiger partial charge in [-0.05, 0) is 31.1 Å². The number of thiophene rings is 1. The average Bonchev–Trinajstić information content (AvgIpc) is 2.72. The van der Waals surface area contributed by atoms with Gasteiger partial charge in [-0.2, -0.15) is 0 Å². The van der Waals surface area contributed by atoms with E-state index in [-0.39, 0.29) is 5.91 Å². The summed E-state index contributed by atoms with van der Waals surface area (Å²) in [5.74, 6) is -0.717. The first-order chi connectivity index (χ1) is 9.15. The molecule has 1 amide bonds. The van der Waals surface area contributed by atoms with E-state index in [2.05, 4.69) is 0 Å². The Hall–Kier alpha value is -1.62. The van der Waals surface area contributed by atoms with Crippen molar-refractivity contribution in [1.82, 2.24) is 4.90 Å². The molecule has 5 heteroatoms. The molecule has 1 aliphatic rings. The molecule has 102 valence electrons. The molecule has 2 rings (SSSR count). The van der Waals surface area contributed by atoms with Gasteiger partial charge < -0.3 is 10.0 Å². The Bertz CT molecular complexity index is 493. The van der Waals surface area contributed by atoms with Crippen LogP contribution in [0.15, 0.2) is 18.2 Å². The van der Waals surface area contributed by atoms with Gasteiger partial charge >= 0.3 is 5.97 Å². The van der Waals surface area contributed by atoms with Gasteiger partial charge in [0.25, 0.3) is 0 Å². The van der Waals surface area contributed by atoms with Crippen LogP contribution < -0.4 is 0 Å². The van der Waals surface area contributed by atoms with Crippen LogP contribution >= 0.6 is 11.3 Å². The second-order valence-electron chi connectivity index (χ2n) is 4.60. The number of carbonyl (C=O) groups excluding carboxylic acids is 1. The molecule has 19 heavy (non-hydrogen) atoms. The molecule has 1 fully saturated rings. The van der Waals surface area contributed by atoms with Gasteiger partial charge in [-0.25, -0.2) is 4.79 Å². The summed E-state index contributed by atoms with van der Waals surface area (Å²) in [6.45, 7) is 1.47. The van der Waals surface area contributed by atoms with Gasteiger partial charge in [-0.15, -0.1) is 11.3 Å². The first-order valence-corrected chi connectivity index (χ1v) is 7.24. The van der Waals surface area contributed by atoms with Gasteiger partial charge in [0.15, 0.2) is 0 Å². The zero-order valence-electron chi connectivity index (χ0n) is 10.7. The number of nitrogens with zero attached hydrogens (tertiary/aromatic N) is 1. The predicted molar refractivity (Wildman–Crippen MR) is 74.9 cm³/mol. The van der Waals surface area contributed by atoms with Gasteiger partial charge in [-0.1, -0.05) is 6.42 Å². The fraction of sp³-hybridized carbons (Fsp3) is 0.429. The number of carboxylic acids is 1. The number of likely N-dealkylation sites (tertiary alicyclic amines) is 1. The molecule has 0 atom stereocenters. The lowest BCUT2D eigenvalue weighted by Crippen LogP contribution is -2.29. The van der Waals surface area contributed by atoms with E-state index in [0.717, 1.165) is 41.6 Å². The Labute approximate surface area is 116 Å². The van der Waals surface area contributed by atoms with Crippen LogP contribution in [0.2, 0.25) is 0 Å². The first-order valence-electron chi connectivity index (χ1n) is 6.42. The molecule has 0 unspecified atom stereocenters. The number of hydrogen-bond donors (Lipinski definition) is 1. The summed E-state index contributed by atoms with van der Waals surface area (Å²) in [6, 6.07) is 3.85. The van der Waals surface area contributed by atoms with Crippen LogP contribution in [0.25, 0.3) is 6.08 Å². The Kier molecular flexibility index (Phi) is 4.74. The van der Waals surface area contributed by atoms with Crippen molar-refractivity contribution in [3.05, 3.63) is 28.0 Å². The minimum Gasteiger partial charge on any atom is -0.478 e. The maximum absolute atomic E-state index is 11.9. The zero-order chi connectivity index (χ0) is 13.7. The third-order valence-electron chi connectivity index (χ3n) is 3.09. The predicted octanol–water partition coefficient (Wildman–Crippen LogP) is 2.75. The van der Waals surface area contributed by atoms with Crippen molar-refractivity contribution in [2.24, 2.45) is 0 Å². The number of hydrogen-bond acceptors (Lipinski definition) is 3. The van der Waals surface area contributed by atoms with Crippen molar-refractivity contribution in [2.75, 3.05) is 6.54 Å². The molecule has 0 spiro atoms. The molecule has 0 aromatic carbocycles. The van der Waals surface area contributed by atoms with Crippen molar-refractivity contribution in [2.45, 2.75) is 32.2 Å². The van der Waals surface area contributed by atoms with Gasteiger partial charge in [-0.3, -0.25) is 4.79 Å². The molecule has 1 saturated heterocycles. The molecule has 0 bridgehead atoms. The Morgan fingerprint density at radius 1 is 1.37 bits per heavy atom.